The van der Waals surface area contributed by atoms with Crippen molar-refractivity contribution in [2.24, 2.45) is 5.92 Å². The van der Waals surface area contributed by atoms with E-state index in [0.29, 0.717) is 18.7 Å². The fraction of sp³-hybridized carbons (Fsp3) is 0.300. The number of methoxy groups -OCH3 is 1. The molecule has 26 heavy (non-hydrogen) atoms. The third kappa shape index (κ3) is 3.25. The second-order valence-corrected chi connectivity index (χ2v) is 6.88. The van der Waals surface area contributed by atoms with E-state index in [1.54, 1.807) is 6.07 Å². The van der Waals surface area contributed by atoms with Crippen molar-refractivity contribution in [1.29, 1.82) is 0 Å². The smallest absolute Gasteiger partial charge is 0.316 e. The van der Waals surface area contributed by atoms with E-state index in [1.807, 2.05) is 61.3 Å². The highest BCUT2D eigenvalue weighted by Crippen LogP contribution is 2.40. The Kier molecular flexibility index (Phi) is 5.14. The van der Waals surface area contributed by atoms with Gasteiger partial charge in [-0.1, -0.05) is 60.1 Å². The summed E-state index contributed by atoms with van der Waals surface area (Å²) >= 11 is 0. The normalized spacial score (nSPS) is 22.9. The van der Waals surface area contributed by atoms with Crippen LogP contribution in [0.3, 0.4) is 0 Å². The highest BCUT2D eigenvalue weighted by molar-refractivity contribution is 6.32. The summed E-state index contributed by atoms with van der Waals surface area (Å²) < 4.78 is 4.96. The first kappa shape index (κ1) is 18.2. The minimum absolute atomic E-state index is 0.264. The zero-order valence-corrected chi connectivity index (χ0v) is 15.0. The number of hydrogen-bond acceptors (Lipinski definition) is 4. The quantitative estimate of drug-likeness (QED) is 0.630. The minimum Gasteiger partial charge on any atom is -0.481 e. The van der Waals surface area contributed by atoms with Gasteiger partial charge >= 0.3 is 11.9 Å². The summed E-state index contributed by atoms with van der Waals surface area (Å²) in [5.74, 6) is -2.23. The van der Waals surface area contributed by atoms with Crippen molar-refractivity contribution in [1.82, 2.24) is 4.90 Å². The zero-order valence-electron chi connectivity index (χ0n) is 15.0. The van der Waals surface area contributed by atoms with Gasteiger partial charge in [0.2, 0.25) is 0 Å². The summed E-state index contributed by atoms with van der Waals surface area (Å²) in [6.07, 6.45) is 0. The van der Waals surface area contributed by atoms with Crippen LogP contribution < -0.4 is 5.46 Å². The molecule has 134 valence electrons. The molecule has 0 aromatic heterocycles. The Hall–Kier alpha value is -2.60. The number of carboxylic acids is 1. The zero-order chi connectivity index (χ0) is 18.7. The van der Waals surface area contributed by atoms with Crippen LogP contribution >= 0.6 is 0 Å². The summed E-state index contributed by atoms with van der Waals surface area (Å²) in [6.45, 7) is 1.21. The molecule has 2 unspecified atom stereocenters. The monoisotopic (exact) mass is 351 g/mol. The van der Waals surface area contributed by atoms with Gasteiger partial charge in [-0.05, 0) is 11.1 Å². The van der Waals surface area contributed by atoms with Crippen molar-refractivity contribution >= 4 is 25.2 Å². The number of rotatable bonds is 5. The molecule has 2 atom stereocenters. The van der Waals surface area contributed by atoms with E-state index in [9.17, 15) is 14.7 Å². The Morgan fingerprint density at radius 2 is 1.96 bits per heavy atom. The lowest BCUT2D eigenvalue weighted by Gasteiger charge is -2.30. The van der Waals surface area contributed by atoms with E-state index < -0.39 is 23.3 Å². The lowest BCUT2D eigenvalue weighted by Crippen LogP contribution is -2.47. The van der Waals surface area contributed by atoms with Gasteiger partial charge in [0, 0.05) is 19.6 Å². The van der Waals surface area contributed by atoms with Gasteiger partial charge in [0.05, 0.1) is 13.0 Å². The molecule has 1 fully saturated rings. The van der Waals surface area contributed by atoms with Gasteiger partial charge in [-0.15, -0.1) is 0 Å². The van der Waals surface area contributed by atoms with Crippen LogP contribution in [0.1, 0.15) is 11.1 Å². The molecule has 0 spiro atoms. The third-order valence-corrected chi connectivity index (χ3v) is 5.16. The van der Waals surface area contributed by atoms with Crippen LogP contribution in [0.2, 0.25) is 0 Å². The molecular weight excluding hydrogens is 329 g/mol. The average molecular weight is 351 g/mol. The van der Waals surface area contributed by atoms with E-state index in [4.69, 9.17) is 4.74 Å². The molecule has 5 nitrogen and oxygen atoms in total. The number of likely N-dealkylation sites (tertiary alicyclic amines) is 1. The summed E-state index contributed by atoms with van der Waals surface area (Å²) in [5.41, 5.74) is 1.39. The van der Waals surface area contributed by atoms with Crippen LogP contribution in [0, 0.1) is 5.92 Å². The van der Waals surface area contributed by atoms with Gasteiger partial charge in [0.25, 0.3) is 0 Å². The molecule has 0 radical (unpaired) electrons. The molecule has 2 aromatic carbocycles. The number of carboxylic acid groups (broad SMARTS) is 1. The molecule has 0 aliphatic carbocycles. The first-order chi connectivity index (χ1) is 12.5. The predicted molar refractivity (Wildman–Crippen MR) is 101 cm³/mol. The van der Waals surface area contributed by atoms with E-state index in [2.05, 4.69) is 0 Å². The molecule has 1 N–H and O–H groups in total. The van der Waals surface area contributed by atoms with Gasteiger partial charge in [-0.3, -0.25) is 14.5 Å². The lowest BCUT2D eigenvalue weighted by molar-refractivity contribution is -0.155. The van der Waals surface area contributed by atoms with Crippen molar-refractivity contribution in [3.05, 3.63) is 65.7 Å². The van der Waals surface area contributed by atoms with Crippen molar-refractivity contribution < 1.29 is 19.4 Å². The Balaban J connectivity index is 2.02. The average Bonchev–Trinajstić information content (AvgIpc) is 3.02. The van der Waals surface area contributed by atoms with Crippen LogP contribution in [-0.2, 0) is 26.3 Å². The SMILES string of the molecule is Bc1cccc(C2(C(=O)O)CN(Cc3ccccc3)CC2C(=O)OC)c1. The maximum atomic E-state index is 12.5. The molecule has 2 aromatic rings. The fourth-order valence-corrected chi connectivity index (χ4v) is 3.88. The third-order valence-electron chi connectivity index (χ3n) is 5.16. The lowest BCUT2D eigenvalue weighted by atomic mass is 9.71. The molecule has 0 bridgehead atoms. The highest BCUT2D eigenvalue weighted by Gasteiger charge is 2.57. The maximum Gasteiger partial charge on any atom is 0.316 e. The molecule has 0 saturated carbocycles. The Bertz CT molecular complexity index is 810. The molecule has 0 amide bonds. The summed E-state index contributed by atoms with van der Waals surface area (Å²) in [7, 11) is 3.23. The molecule has 1 heterocycles. The molecule has 1 saturated heterocycles. The first-order valence-electron chi connectivity index (χ1n) is 8.62. The Morgan fingerprint density at radius 3 is 2.58 bits per heavy atom. The van der Waals surface area contributed by atoms with Crippen molar-refractivity contribution in [2.75, 3.05) is 20.2 Å². The van der Waals surface area contributed by atoms with E-state index in [1.165, 1.54) is 7.11 Å². The van der Waals surface area contributed by atoms with Crippen LogP contribution in [0.15, 0.2) is 54.6 Å². The second-order valence-electron chi connectivity index (χ2n) is 6.88. The number of benzene rings is 2. The second kappa shape index (κ2) is 7.34. The molecule has 1 aliphatic rings. The largest absolute Gasteiger partial charge is 0.481 e. The molecule has 6 heteroatoms. The summed E-state index contributed by atoms with van der Waals surface area (Å²) in [6, 6.07) is 17.3. The number of ether oxygens (including phenoxy) is 1. The number of hydrogen-bond donors (Lipinski definition) is 1. The maximum absolute atomic E-state index is 12.5. The van der Waals surface area contributed by atoms with E-state index >= 15 is 0 Å². The standard InChI is InChI=1S/C20H22BNO4/c1-26-18(23)17-12-22(11-14-6-3-2-4-7-14)13-20(17,19(24)25)15-8-5-9-16(21)10-15/h2-10,17H,11-13,21H2,1H3,(H,24,25). The van der Waals surface area contributed by atoms with Crippen molar-refractivity contribution in [3.8, 4) is 0 Å². The number of aliphatic carboxylic acids is 1. The summed E-state index contributed by atoms with van der Waals surface area (Å²) in [5, 5.41) is 10.2. The fourth-order valence-electron chi connectivity index (χ4n) is 3.88. The molecule has 1 aliphatic heterocycles. The highest BCUT2D eigenvalue weighted by atomic mass is 16.5. The van der Waals surface area contributed by atoms with Crippen molar-refractivity contribution in [3.63, 3.8) is 0 Å². The molecule has 3 rings (SSSR count). The number of carbonyl (C=O) groups is 2. The Morgan fingerprint density at radius 1 is 1.23 bits per heavy atom. The summed E-state index contributed by atoms with van der Waals surface area (Å²) in [4.78, 5) is 26.9. The number of esters is 1. The first-order valence-corrected chi connectivity index (χ1v) is 8.62. The van der Waals surface area contributed by atoms with Crippen LogP contribution in [0.4, 0.5) is 0 Å². The van der Waals surface area contributed by atoms with Crippen LogP contribution in [-0.4, -0.2) is 50.0 Å². The number of carbonyl (C=O) groups excluding carboxylic acids is 1. The van der Waals surface area contributed by atoms with E-state index in [0.717, 1.165) is 11.0 Å². The topological polar surface area (TPSA) is 66.8 Å². The van der Waals surface area contributed by atoms with Crippen molar-refractivity contribution in [2.45, 2.75) is 12.0 Å². The number of nitrogens with zero attached hydrogens (tertiary/aromatic N) is 1. The van der Waals surface area contributed by atoms with Gasteiger partial charge < -0.3 is 9.84 Å². The predicted octanol–water partition coefficient (Wildman–Crippen LogP) is 0.572. The van der Waals surface area contributed by atoms with Gasteiger partial charge in [0.1, 0.15) is 13.3 Å². The van der Waals surface area contributed by atoms with Gasteiger partial charge in [-0.2, -0.15) is 0 Å². The van der Waals surface area contributed by atoms with Crippen LogP contribution in [0.5, 0.6) is 0 Å². The minimum atomic E-state index is -1.31. The van der Waals surface area contributed by atoms with E-state index in [-0.39, 0.29) is 6.54 Å². The molecular formula is C20H22BNO4. The van der Waals surface area contributed by atoms with Crippen LogP contribution in [0.25, 0.3) is 0 Å². The Labute approximate surface area is 154 Å². The van der Waals surface area contributed by atoms with Gasteiger partial charge in [0.15, 0.2) is 0 Å². The van der Waals surface area contributed by atoms with Gasteiger partial charge in [-0.25, -0.2) is 0 Å².